The molecule has 0 amide bonds. The molecule has 0 aromatic heterocycles. The maximum atomic E-state index is 13.3. The van der Waals surface area contributed by atoms with E-state index in [0.717, 1.165) is 27.8 Å². The van der Waals surface area contributed by atoms with E-state index in [4.69, 9.17) is 4.74 Å². The van der Waals surface area contributed by atoms with Crippen LogP contribution in [0.15, 0.2) is 66.7 Å². The lowest BCUT2D eigenvalue weighted by Crippen LogP contribution is -2.31. The Bertz CT molecular complexity index is 1370. The molecule has 6 rings (SSSR count). The normalized spacial score (nSPS) is 18.8. The highest BCUT2D eigenvalue weighted by Crippen LogP contribution is 2.54. The fourth-order valence-electron chi connectivity index (χ4n) is 5.71. The topological polar surface area (TPSA) is 26.3 Å². The number of carbonyl (C=O) groups excluding carboxylic acids is 1. The van der Waals surface area contributed by atoms with Gasteiger partial charge in [-0.2, -0.15) is 0 Å². The Morgan fingerprint density at radius 1 is 0.667 bits per heavy atom. The second kappa shape index (κ2) is 6.06. The molecule has 0 fully saturated rings. The van der Waals surface area contributed by atoms with Crippen molar-refractivity contribution in [2.24, 2.45) is 0 Å². The Balaban J connectivity index is 1.82. The second-order valence-corrected chi connectivity index (χ2v) is 8.61. The highest BCUT2D eigenvalue weighted by atomic mass is 16.5. The van der Waals surface area contributed by atoms with E-state index in [1.165, 1.54) is 33.2 Å². The predicted octanol–water partition coefficient (Wildman–Crippen LogP) is 6.31. The molecule has 30 heavy (non-hydrogen) atoms. The van der Waals surface area contributed by atoms with Gasteiger partial charge in [0.15, 0.2) is 0 Å². The molecule has 0 radical (unpaired) electrons. The smallest absolute Gasteiger partial charge is 0.323 e. The summed E-state index contributed by atoms with van der Waals surface area (Å²) in [6, 6.07) is 23.4. The van der Waals surface area contributed by atoms with Crippen LogP contribution in [0.3, 0.4) is 0 Å². The van der Waals surface area contributed by atoms with Crippen molar-refractivity contribution in [3.8, 4) is 5.75 Å². The lowest BCUT2D eigenvalue weighted by atomic mass is 9.67. The molecule has 146 valence electrons. The minimum Gasteiger partial charge on any atom is -0.425 e. The van der Waals surface area contributed by atoms with E-state index >= 15 is 0 Å². The van der Waals surface area contributed by atoms with Crippen molar-refractivity contribution < 1.29 is 9.53 Å². The molecule has 1 heterocycles. The molecule has 2 atom stereocenters. The van der Waals surface area contributed by atoms with Gasteiger partial charge in [-0.05, 0) is 70.7 Å². The molecule has 2 aliphatic rings. The number of fused-ring (bicyclic) bond motifs is 2. The average molecular weight is 390 g/mol. The number of esters is 1. The largest absolute Gasteiger partial charge is 0.425 e. The lowest BCUT2D eigenvalue weighted by Gasteiger charge is -2.38. The lowest BCUT2D eigenvalue weighted by molar-refractivity contribution is -0.135. The van der Waals surface area contributed by atoms with Crippen molar-refractivity contribution in [2.45, 2.75) is 32.6 Å². The van der Waals surface area contributed by atoms with Crippen LogP contribution in [0.4, 0.5) is 0 Å². The third kappa shape index (κ3) is 2.16. The SMILES string of the molecule is Cc1cc(C)c2c(C)cc3c4c2c1OC(=O)C4c1ccccc1C3c1ccccc1. The molecule has 0 saturated carbocycles. The molecule has 2 nitrogen and oxygen atoms in total. The summed E-state index contributed by atoms with van der Waals surface area (Å²) < 4.78 is 6.00. The quantitative estimate of drug-likeness (QED) is 0.281. The van der Waals surface area contributed by atoms with Crippen LogP contribution in [0.1, 0.15) is 56.3 Å². The van der Waals surface area contributed by atoms with Gasteiger partial charge in [-0.3, -0.25) is 4.79 Å². The molecule has 0 spiro atoms. The zero-order valence-corrected chi connectivity index (χ0v) is 17.3. The van der Waals surface area contributed by atoms with Crippen molar-refractivity contribution in [2.75, 3.05) is 0 Å². The molecule has 4 aromatic rings. The van der Waals surface area contributed by atoms with Crippen molar-refractivity contribution in [3.05, 3.63) is 111 Å². The van der Waals surface area contributed by atoms with Crippen LogP contribution in [0.2, 0.25) is 0 Å². The van der Waals surface area contributed by atoms with E-state index in [9.17, 15) is 4.79 Å². The Hall–Kier alpha value is -3.39. The molecule has 2 heteroatoms. The fraction of sp³-hybridized carbons (Fsp3) is 0.179. The number of carbonyl (C=O) groups is 1. The van der Waals surface area contributed by atoms with Gasteiger partial charge in [-0.25, -0.2) is 0 Å². The Morgan fingerprint density at radius 2 is 1.30 bits per heavy atom. The van der Waals surface area contributed by atoms with Crippen molar-refractivity contribution in [1.29, 1.82) is 0 Å². The maximum absolute atomic E-state index is 13.3. The Kier molecular flexibility index (Phi) is 3.53. The Labute approximate surface area is 176 Å². The van der Waals surface area contributed by atoms with E-state index in [0.29, 0.717) is 0 Å². The van der Waals surface area contributed by atoms with Gasteiger partial charge in [0.05, 0.1) is 0 Å². The first-order chi connectivity index (χ1) is 14.6. The summed E-state index contributed by atoms with van der Waals surface area (Å²) in [5.41, 5.74) is 9.39. The van der Waals surface area contributed by atoms with E-state index in [-0.39, 0.29) is 17.8 Å². The number of benzene rings is 4. The van der Waals surface area contributed by atoms with E-state index in [1.807, 2.05) is 13.0 Å². The second-order valence-electron chi connectivity index (χ2n) is 8.61. The third-order valence-electron chi connectivity index (χ3n) is 6.80. The number of aryl methyl sites for hydroxylation is 3. The first kappa shape index (κ1) is 17.5. The summed E-state index contributed by atoms with van der Waals surface area (Å²) in [6.07, 6.45) is 0. The number of hydrogen-bond donors (Lipinski definition) is 0. The van der Waals surface area contributed by atoms with Crippen molar-refractivity contribution in [1.82, 2.24) is 0 Å². The molecule has 4 aromatic carbocycles. The molecule has 1 aliphatic carbocycles. The van der Waals surface area contributed by atoms with Gasteiger partial charge in [0.1, 0.15) is 11.7 Å². The predicted molar refractivity (Wildman–Crippen MR) is 119 cm³/mol. The highest BCUT2D eigenvalue weighted by molar-refractivity contribution is 6.06. The molecular weight excluding hydrogens is 368 g/mol. The first-order valence-corrected chi connectivity index (χ1v) is 10.5. The summed E-state index contributed by atoms with van der Waals surface area (Å²) >= 11 is 0. The number of rotatable bonds is 1. The molecule has 0 saturated heterocycles. The maximum Gasteiger partial charge on any atom is 0.323 e. The molecule has 1 aliphatic heterocycles. The standard InChI is InChI=1S/C28H22O2/c1-15-13-17(3)27-26-22(15)16(2)14-21-23(18-9-5-4-6-10-18)19-11-7-8-12-20(19)25(24(21)26)28(29)30-27/h4-14,23,25H,1-3H3. The third-order valence-corrected chi connectivity index (χ3v) is 6.80. The van der Waals surface area contributed by atoms with E-state index < -0.39 is 0 Å². The Morgan fingerprint density at radius 3 is 2.03 bits per heavy atom. The van der Waals surface area contributed by atoms with Crippen LogP contribution in [-0.2, 0) is 4.79 Å². The number of hydrogen-bond acceptors (Lipinski definition) is 2. The van der Waals surface area contributed by atoms with E-state index in [1.54, 1.807) is 0 Å². The van der Waals surface area contributed by atoms with Crippen LogP contribution in [0, 0.1) is 20.8 Å². The van der Waals surface area contributed by atoms with Gasteiger partial charge in [0.25, 0.3) is 0 Å². The first-order valence-electron chi connectivity index (χ1n) is 10.5. The van der Waals surface area contributed by atoms with Crippen LogP contribution in [-0.4, -0.2) is 5.97 Å². The van der Waals surface area contributed by atoms with Gasteiger partial charge < -0.3 is 4.74 Å². The summed E-state index contributed by atoms with van der Waals surface area (Å²) in [4.78, 5) is 13.3. The highest BCUT2D eigenvalue weighted by Gasteiger charge is 2.42. The fourth-order valence-corrected chi connectivity index (χ4v) is 5.71. The van der Waals surface area contributed by atoms with Crippen LogP contribution >= 0.6 is 0 Å². The summed E-state index contributed by atoms with van der Waals surface area (Å²) in [5.74, 6) is 0.312. The minimum atomic E-state index is -0.368. The molecule has 0 bridgehead atoms. The van der Waals surface area contributed by atoms with Gasteiger partial charge in [-0.15, -0.1) is 0 Å². The van der Waals surface area contributed by atoms with Gasteiger partial charge in [0, 0.05) is 11.3 Å². The number of ether oxygens (including phenoxy) is 1. The van der Waals surface area contributed by atoms with Gasteiger partial charge in [-0.1, -0.05) is 66.7 Å². The minimum absolute atomic E-state index is 0.108. The molecular formula is C28H22O2. The van der Waals surface area contributed by atoms with E-state index in [2.05, 4.69) is 74.5 Å². The van der Waals surface area contributed by atoms with Gasteiger partial charge >= 0.3 is 5.97 Å². The summed E-state index contributed by atoms with van der Waals surface area (Å²) in [7, 11) is 0. The monoisotopic (exact) mass is 390 g/mol. The van der Waals surface area contributed by atoms with Crippen LogP contribution < -0.4 is 4.74 Å². The zero-order valence-electron chi connectivity index (χ0n) is 17.3. The molecule has 2 unspecified atom stereocenters. The summed E-state index contributed by atoms with van der Waals surface area (Å²) in [5, 5.41) is 2.35. The average Bonchev–Trinajstić information content (AvgIpc) is 2.74. The van der Waals surface area contributed by atoms with Crippen LogP contribution in [0.25, 0.3) is 10.8 Å². The molecule has 0 N–H and O–H groups in total. The van der Waals surface area contributed by atoms with Crippen molar-refractivity contribution in [3.63, 3.8) is 0 Å². The van der Waals surface area contributed by atoms with Gasteiger partial charge in [0.2, 0.25) is 0 Å². The zero-order chi connectivity index (χ0) is 20.6. The van der Waals surface area contributed by atoms with Crippen molar-refractivity contribution >= 4 is 16.7 Å². The summed E-state index contributed by atoms with van der Waals surface area (Å²) in [6.45, 7) is 6.37. The van der Waals surface area contributed by atoms with Crippen LogP contribution in [0.5, 0.6) is 5.75 Å².